The normalized spacial score (nSPS) is 11.8. The molecule has 0 aliphatic rings. The lowest BCUT2D eigenvalue weighted by Gasteiger charge is -2.14. The van der Waals surface area contributed by atoms with Crippen LogP contribution in [0.25, 0.3) is 12.2 Å². The van der Waals surface area contributed by atoms with Crippen molar-refractivity contribution < 1.29 is 34.7 Å². The van der Waals surface area contributed by atoms with E-state index in [0.29, 0.717) is 11.1 Å². The summed E-state index contributed by atoms with van der Waals surface area (Å²) in [7, 11) is -5.56. The first kappa shape index (κ1) is 28.7. The van der Waals surface area contributed by atoms with Gasteiger partial charge in [0.05, 0.1) is 14.2 Å². The van der Waals surface area contributed by atoms with Crippen LogP contribution in [-0.4, -0.2) is 31.1 Å². The van der Waals surface area contributed by atoms with E-state index in [2.05, 4.69) is 0 Å². The second-order valence-corrected chi connectivity index (χ2v) is 11.9. The van der Waals surface area contributed by atoms with Crippen molar-refractivity contribution in [2.75, 3.05) is 14.2 Å². The topological polar surface area (TPSA) is 105 Å². The maximum Gasteiger partial charge on any atom is 0.339 e. The van der Waals surface area contributed by atoms with Crippen molar-refractivity contribution >= 4 is 32.4 Å². The summed E-state index contributed by atoms with van der Waals surface area (Å²) in [5.41, 5.74) is 2.54. The Balaban J connectivity index is 1.73. The van der Waals surface area contributed by atoms with E-state index >= 15 is 0 Å². The first-order chi connectivity index (χ1) is 19.0. The summed E-state index contributed by atoms with van der Waals surface area (Å²) in [6.45, 7) is 3.70. The standard InChI is InChI=1S/C30H28O8S2/c1-21-11-17-25(18-12-21)39(31,32)37-29-23(7-5-9-27(29)35-3)15-16-24-8-6-10-28(36-4)30(24)38-40(33,34)26-19-13-22(2)14-20-26/h5-20H,1-4H3/b16-15+. The fraction of sp³-hybridized carbons (Fsp3) is 0.133. The number of hydrogen-bond acceptors (Lipinski definition) is 8. The molecule has 4 aromatic rings. The molecule has 0 aromatic heterocycles. The maximum absolute atomic E-state index is 13.1. The predicted molar refractivity (Wildman–Crippen MR) is 153 cm³/mol. The average Bonchev–Trinajstić information content (AvgIpc) is 2.93. The monoisotopic (exact) mass is 580 g/mol. The Bertz CT molecular complexity index is 1610. The number of ether oxygens (including phenoxy) is 2. The molecule has 208 valence electrons. The quantitative estimate of drug-likeness (QED) is 0.166. The number of methoxy groups -OCH3 is 2. The largest absolute Gasteiger partial charge is 0.493 e. The molecule has 8 nitrogen and oxygen atoms in total. The SMILES string of the molecule is COc1cccc(/C=C/c2cccc(OC)c2OS(=O)(=O)c2ccc(C)cc2)c1OS(=O)(=O)c1ccc(C)cc1. The zero-order valence-electron chi connectivity index (χ0n) is 22.3. The predicted octanol–water partition coefficient (Wildman–Crippen LogP) is 6.03. The number of hydrogen-bond donors (Lipinski definition) is 0. The molecule has 0 bridgehead atoms. The molecule has 0 aliphatic heterocycles. The van der Waals surface area contributed by atoms with Gasteiger partial charge in [0.1, 0.15) is 9.79 Å². The van der Waals surface area contributed by atoms with Gasteiger partial charge in [-0.25, -0.2) is 0 Å². The zero-order valence-corrected chi connectivity index (χ0v) is 24.0. The van der Waals surface area contributed by atoms with Crippen LogP contribution in [0.15, 0.2) is 94.7 Å². The molecular formula is C30H28O8S2. The van der Waals surface area contributed by atoms with Crippen LogP contribution in [0.1, 0.15) is 22.3 Å². The number of rotatable bonds is 10. The summed E-state index contributed by atoms with van der Waals surface area (Å²) in [5, 5.41) is 0. The Labute approximate surface area is 234 Å². The molecule has 0 heterocycles. The second-order valence-electron chi connectivity index (χ2n) is 8.79. The van der Waals surface area contributed by atoms with E-state index in [4.69, 9.17) is 17.8 Å². The summed E-state index contributed by atoms with van der Waals surface area (Å²) in [5.74, 6) is 0.336. The molecule has 0 spiro atoms. The minimum Gasteiger partial charge on any atom is -0.493 e. The van der Waals surface area contributed by atoms with Gasteiger partial charge in [-0.3, -0.25) is 0 Å². The summed E-state index contributed by atoms with van der Waals surface area (Å²) >= 11 is 0. The minimum absolute atomic E-state index is 0.0104. The van der Waals surface area contributed by atoms with Crippen LogP contribution in [0.2, 0.25) is 0 Å². The van der Waals surface area contributed by atoms with Crippen LogP contribution in [0, 0.1) is 13.8 Å². The van der Waals surface area contributed by atoms with E-state index in [1.54, 1.807) is 72.8 Å². The Morgan fingerprint density at radius 3 is 1.20 bits per heavy atom. The highest BCUT2D eigenvalue weighted by Gasteiger charge is 2.23. The van der Waals surface area contributed by atoms with E-state index in [0.717, 1.165) is 11.1 Å². The molecule has 0 radical (unpaired) electrons. The zero-order chi connectivity index (χ0) is 28.9. The van der Waals surface area contributed by atoms with Gasteiger partial charge in [-0.1, -0.05) is 71.8 Å². The van der Waals surface area contributed by atoms with Crippen molar-refractivity contribution in [3.8, 4) is 23.0 Å². The summed E-state index contributed by atoms with van der Waals surface area (Å²) in [4.78, 5) is -0.0209. The minimum atomic E-state index is -4.18. The van der Waals surface area contributed by atoms with Gasteiger partial charge in [0.15, 0.2) is 23.0 Å². The molecule has 0 amide bonds. The van der Waals surface area contributed by atoms with Crippen LogP contribution in [0.3, 0.4) is 0 Å². The molecule has 0 fully saturated rings. The van der Waals surface area contributed by atoms with E-state index < -0.39 is 20.2 Å². The van der Waals surface area contributed by atoms with E-state index in [9.17, 15) is 16.8 Å². The maximum atomic E-state index is 13.1. The van der Waals surface area contributed by atoms with Gasteiger partial charge in [0, 0.05) is 11.1 Å². The molecule has 40 heavy (non-hydrogen) atoms. The highest BCUT2D eigenvalue weighted by molar-refractivity contribution is 7.87. The summed E-state index contributed by atoms with van der Waals surface area (Å²) < 4.78 is 74.0. The van der Waals surface area contributed by atoms with Crippen molar-refractivity contribution in [2.24, 2.45) is 0 Å². The molecule has 0 aliphatic carbocycles. The second kappa shape index (κ2) is 11.8. The molecule has 10 heteroatoms. The molecule has 4 rings (SSSR count). The fourth-order valence-electron chi connectivity index (χ4n) is 3.73. The van der Waals surface area contributed by atoms with Crippen LogP contribution in [-0.2, 0) is 20.2 Å². The molecular weight excluding hydrogens is 552 g/mol. The van der Waals surface area contributed by atoms with E-state index in [1.807, 2.05) is 13.8 Å². The number of para-hydroxylation sites is 2. The molecule has 0 atom stereocenters. The lowest BCUT2D eigenvalue weighted by molar-refractivity contribution is 0.390. The third-order valence-corrected chi connectivity index (χ3v) is 8.38. The Morgan fingerprint density at radius 2 is 0.875 bits per heavy atom. The molecule has 0 N–H and O–H groups in total. The first-order valence-corrected chi connectivity index (χ1v) is 14.9. The first-order valence-electron chi connectivity index (χ1n) is 12.1. The Hall–Kier alpha value is -4.28. The van der Waals surface area contributed by atoms with Crippen LogP contribution >= 0.6 is 0 Å². The highest BCUT2D eigenvalue weighted by atomic mass is 32.2. The van der Waals surface area contributed by atoms with Gasteiger partial charge < -0.3 is 17.8 Å². The lowest BCUT2D eigenvalue weighted by atomic mass is 10.1. The van der Waals surface area contributed by atoms with Crippen molar-refractivity contribution in [2.45, 2.75) is 23.6 Å². The van der Waals surface area contributed by atoms with Gasteiger partial charge in [-0.15, -0.1) is 0 Å². The van der Waals surface area contributed by atoms with Crippen LogP contribution in [0.5, 0.6) is 23.0 Å². The van der Waals surface area contributed by atoms with E-state index in [-0.39, 0.29) is 32.8 Å². The van der Waals surface area contributed by atoms with Gasteiger partial charge in [-0.05, 0) is 50.2 Å². The average molecular weight is 581 g/mol. The number of benzene rings is 4. The van der Waals surface area contributed by atoms with Crippen LogP contribution in [0.4, 0.5) is 0 Å². The summed E-state index contributed by atoms with van der Waals surface area (Å²) in [6, 6.07) is 22.3. The number of aryl methyl sites for hydroxylation is 2. The van der Waals surface area contributed by atoms with Gasteiger partial charge >= 0.3 is 20.2 Å². The third-order valence-electron chi connectivity index (χ3n) is 5.91. The van der Waals surface area contributed by atoms with E-state index in [1.165, 1.54) is 38.5 Å². The molecule has 0 saturated heterocycles. The van der Waals surface area contributed by atoms with Crippen LogP contribution < -0.4 is 17.8 Å². The lowest BCUT2D eigenvalue weighted by Crippen LogP contribution is -2.11. The molecule has 0 saturated carbocycles. The van der Waals surface area contributed by atoms with Gasteiger partial charge in [-0.2, -0.15) is 16.8 Å². The Kier molecular flexibility index (Phi) is 8.51. The molecule has 4 aromatic carbocycles. The van der Waals surface area contributed by atoms with Gasteiger partial charge in [0.2, 0.25) is 0 Å². The Morgan fingerprint density at radius 1 is 0.525 bits per heavy atom. The third kappa shape index (κ3) is 6.47. The smallest absolute Gasteiger partial charge is 0.339 e. The fourth-order valence-corrected chi connectivity index (χ4v) is 5.66. The summed E-state index contributed by atoms with van der Waals surface area (Å²) in [6.07, 6.45) is 3.14. The van der Waals surface area contributed by atoms with Crippen molar-refractivity contribution in [1.29, 1.82) is 0 Å². The van der Waals surface area contributed by atoms with Crippen molar-refractivity contribution in [3.05, 3.63) is 107 Å². The van der Waals surface area contributed by atoms with Gasteiger partial charge in [0.25, 0.3) is 0 Å². The highest BCUT2D eigenvalue weighted by Crippen LogP contribution is 2.38. The van der Waals surface area contributed by atoms with Crippen molar-refractivity contribution in [1.82, 2.24) is 0 Å². The molecule has 0 unspecified atom stereocenters. The van der Waals surface area contributed by atoms with Crippen molar-refractivity contribution in [3.63, 3.8) is 0 Å².